The summed E-state index contributed by atoms with van der Waals surface area (Å²) in [5.74, 6) is -1.09. The number of carbonyl (C=O) groups excluding carboxylic acids is 1. The highest BCUT2D eigenvalue weighted by molar-refractivity contribution is 5.89. The Labute approximate surface area is 82.7 Å². The number of rotatable bonds is 4. The van der Waals surface area contributed by atoms with Crippen LogP contribution in [-0.2, 0) is 4.74 Å². The highest BCUT2D eigenvalue weighted by Crippen LogP contribution is 2.10. The Morgan fingerprint density at radius 3 is 3.23 bits per heavy atom. The normalized spacial score (nSPS) is 13.6. The van der Waals surface area contributed by atoms with Crippen molar-refractivity contribution in [3.8, 4) is 5.75 Å². The number of hydrogen-bond donors (Lipinski definition) is 1. The first kappa shape index (κ1) is 5.27. The van der Waals surface area contributed by atoms with Crippen molar-refractivity contribution in [1.82, 2.24) is 0 Å². The molecule has 1 rings (SSSR count). The molecular weight excluding hydrogens is 168 g/mol. The van der Waals surface area contributed by atoms with Crippen LogP contribution in [0.5, 0.6) is 5.75 Å². The summed E-state index contributed by atoms with van der Waals surface area (Å²) in [6.45, 7) is 2.05. The monoisotopic (exact) mass is 184 g/mol. The highest BCUT2D eigenvalue weighted by atomic mass is 16.5. The molecule has 0 amide bonds. The van der Waals surface area contributed by atoms with E-state index in [9.17, 15) is 4.79 Å². The van der Waals surface area contributed by atoms with Crippen LogP contribution >= 0.6 is 0 Å². The molecular formula is C10H12O3. The van der Waals surface area contributed by atoms with Crippen LogP contribution in [0.15, 0.2) is 24.2 Å². The van der Waals surface area contributed by atoms with E-state index in [1.807, 2.05) is 6.92 Å². The first-order chi connectivity index (χ1) is 8.02. The fourth-order valence-corrected chi connectivity index (χ4v) is 0.716. The first-order valence-electron chi connectivity index (χ1n) is 5.84. The molecule has 0 aliphatic rings. The van der Waals surface area contributed by atoms with Crippen molar-refractivity contribution in [2.24, 2.45) is 0 Å². The summed E-state index contributed by atoms with van der Waals surface area (Å²) in [5.41, 5.74) is -0.158. The molecule has 0 saturated heterocycles. The summed E-state index contributed by atoms with van der Waals surface area (Å²) in [7, 11) is 0. The molecule has 0 fully saturated rings. The molecule has 0 bridgehead atoms. The Bertz CT molecular complexity index is 434. The Balaban J connectivity index is 3.14. The molecule has 0 unspecified atom stereocenters. The maximum absolute atomic E-state index is 11.5. The van der Waals surface area contributed by atoms with Crippen LogP contribution in [0.2, 0.25) is 0 Å². The van der Waals surface area contributed by atoms with Gasteiger partial charge in [0, 0.05) is 0 Å². The zero-order chi connectivity index (χ0) is 13.0. The summed E-state index contributed by atoms with van der Waals surface area (Å²) in [5, 5.41) is 4.08. The van der Waals surface area contributed by atoms with Gasteiger partial charge in [-0.3, -0.25) is 0 Å². The minimum absolute atomic E-state index is 0.158. The lowest BCUT2D eigenvalue weighted by molar-refractivity contribution is 0.0505. The second-order valence-corrected chi connectivity index (χ2v) is 2.42. The SMILES string of the molecule is [2H]Oc1c([2H])cc(C(=O)OCCC)c([2H])c1[2H]. The first-order valence-corrected chi connectivity index (χ1v) is 3.94. The largest absolute Gasteiger partial charge is 0.508 e. The van der Waals surface area contributed by atoms with Gasteiger partial charge in [0.15, 0.2) is 0 Å². The number of benzene rings is 1. The molecule has 0 radical (unpaired) electrons. The van der Waals surface area contributed by atoms with Gasteiger partial charge < -0.3 is 9.85 Å². The van der Waals surface area contributed by atoms with E-state index in [0.29, 0.717) is 6.42 Å². The van der Waals surface area contributed by atoms with Gasteiger partial charge in [0.05, 0.1) is 16.3 Å². The molecule has 70 valence electrons. The molecule has 0 heterocycles. The number of carbonyl (C=O) groups is 1. The van der Waals surface area contributed by atoms with E-state index in [1.54, 1.807) is 0 Å². The number of ether oxygens (including phenoxy) is 1. The van der Waals surface area contributed by atoms with Crippen LogP contribution in [0.1, 0.15) is 27.8 Å². The minimum Gasteiger partial charge on any atom is -0.508 e. The molecule has 3 nitrogen and oxygen atoms in total. The summed E-state index contributed by atoms with van der Waals surface area (Å²) in [6, 6.07) is -0.0767. The van der Waals surface area contributed by atoms with Crippen LogP contribution < -0.4 is 0 Å². The molecule has 0 saturated carbocycles. The van der Waals surface area contributed by atoms with E-state index in [4.69, 9.17) is 10.3 Å². The van der Waals surface area contributed by atoms with Crippen LogP contribution in [0.3, 0.4) is 0 Å². The lowest BCUT2D eigenvalue weighted by Crippen LogP contribution is -2.05. The summed E-state index contributed by atoms with van der Waals surface area (Å²) in [4.78, 5) is 11.5. The van der Waals surface area contributed by atoms with Crippen molar-refractivity contribution in [1.29, 1.82) is 1.43 Å². The smallest absolute Gasteiger partial charge is 0.338 e. The lowest BCUT2D eigenvalue weighted by Gasteiger charge is -2.02. The predicted molar refractivity (Wildman–Crippen MR) is 48.7 cm³/mol. The Morgan fingerprint density at radius 2 is 2.54 bits per heavy atom. The van der Waals surface area contributed by atoms with Gasteiger partial charge in [-0.25, -0.2) is 4.79 Å². The van der Waals surface area contributed by atoms with Crippen molar-refractivity contribution < 1.29 is 18.8 Å². The van der Waals surface area contributed by atoms with Crippen LogP contribution in [0.25, 0.3) is 0 Å². The molecule has 0 aliphatic heterocycles. The fourth-order valence-electron chi connectivity index (χ4n) is 0.716. The van der Waals surface area contributed by atoms with E-state index >= 15 is 0 Å². The zero-order valence-electron chi connectivity index (χ0n) is 11.2. The van der Waals surface area contributed by atoms with Crippen molar-refractivity contribution in [3.63, 3.8) is 0 Å². The molecule has 3 heteroatoms. The minimum atomic E-state index is -0.740. The lowest BCUT2D eigenvalue weighted by atomic mass is 10.2. The fraction of sp³-hybridized carbons (Fsp3) is 0.300. The summed E-state index contributed by atoms with van der Waals surface area (Å²) in [6.07, 6.45) is 0.647. The third-order valence-electron chi connectivity index (χ3n) is 1.32. The third-order valence-corrected chi connectivity index (χ3v) is 1.32. The maximum Gasteiger partial charge on any atom is 0.338 e. The molecule has 0 atom stereocenters. The van der Waals surface area contributed by atoms with Gasteiger partial charge >= 0.3 is 5.97 Å². The number of aromatic hydroxyl groups is 1. The van der Waals surface area contributed by atoms with Crippen molar-refractivity contribution in [2.75, 3.05) is 6.61 Å². The molecule has 13 heavy (non-hydrogen) atoms. The Morgan fingerprint density at radius 1 is 1.69 bits per heavy atom. The average molecular weight is 184 g/mol. The topological polar surface area (TPSA) is 46.5 Å². The second kappa shape index (κ2) is 4.50. The van der Waals surface area contributed by atoms with Crippen LogP contribution in [-0.4, -0.2) is 19.1 Å². The third kappa shape index (κ3) is 2.78. The highest BCUT2D eigenvalue weighted by Gasteiger charge is 2.05. The number of esters is 1. The molecule has 1 N–H and O–H groups in total. The number of phenols is 1. The Hall–Kier alpha value is -1.51. The van der Waals surface area contributed by atoms with Gasteiger partial charge in [-0.1, -0.05) is 6.92 Å². The maximum atomic E-state index is 11.5. The molecule has 0 aliphatic carbocycles. The van der Waals surface area contributed by atoms with Crippen molar-refractivity contribution in [2.45, 2.75) is 13.3 Å². The van der Waals surface area contributed by atoms with Gasteiger partial charge in [-0.15, -0.1) is 0 Å². The molecule has 0 aromatic heterocycles. The predicted octanol–water partition coefficient (Wildman–Crippen LogP) is 1.96. The standard InChI is InChI=1S/C10H12O3/c1-2-7-13-10(12)8-3-5-9(11)6-4-8/h3-6,11H,2,7H2,1H3/i3D,5D,6D/hD. The van der Waals surface area contributed by atoms with Gasteiger partial charge in [0.2, 0.25) is 0 Å². The van der Waals surface area contributed by atoms with E-state index < -0.39 is 18.1 Å². The summed E-state index contributed by atoms with van der Waals surface area (Å²) < 4.78 is 34.0. The van der Waals surface area contributed by atoms with Crippen molar-refractivity contribution in [3.05, 3.63) is 29.8 Å². The average Bonchev–Trinajstić information content (AvgIpc) is 2.31. The molecule has 1 aromatic rings. The van der Waals surface area contributed by atoms with E-state index in [1.165, 1.54) is 0 Å². The molecule has 0 spiro atoms. The van der Waals surface area contributed by atoms with E-state index in [-0.39, 0.29) is 24.0 Å². The van der Waals surface area contributed by atoms with Gasteiger partial charge in [-0.05, 0) is 30.6 Å². The summed E-state index contributed by atoms with van der Waals surface area (Å²) >= 11 is 0. The van der Waals surface area contributed by atoms with Crippen molar-refractivity contribution >= 4 is 5.97 Å². The van der Waals surface area contributed by atoms with E-state index in [0.717, 1.165) is 6.07 Å². The number of hydrogen-bond acceptors (Lipinski definition) is 3. The second-order valence-electron chi connectivity index (χ2n) is 2.42. The number of phenolic OH excluding ortho intramolecular Hbond substituents is 1. The van der Waals surface area contributed by atoms with Crippen LogP contribution in [0.4, 0.5) is 0 Å². The van der Waals surface area contributed by atoms with Gasteiger partial charge in [0.25, 0.3) is 1.43 Å². The van der Waals surface area contributed by atoms with Gasteiger partial charge in [0.1, 0.15) is 5.75 Å². The van der Waals surface area contributed by atoms with Crippen LogP contribution in [0, 0.1) is 0 Å². The van der Waals surface area contributed by atoms with E-state index in [2.05, 4.69) is 5.11 Å². The molecule has 1 aromatic carbocycles. The quantitative estimate of drug-likeness (QED) is 0.727. The Kier molecular flexibility index (Phi) is 1.82. The van der Waals surface area contributed by atoms with Gasteiger partial charge in [-0.2, -0.15) is 0 Å². The zero-order valence-corrected chi connectivity index (χ0v) is 7.22.